The van der Waals surface area contributed by atoms with Crippen LogP contribution in [0.25, 0.3) is 11.1 Å². The molecule has 294 valence electrons. The molecule has 2 saturated carbocycles. The Balaban J connectivity index is 1.18. The summed E-state index contributed by atoms with van der Waals surface area (Å²) in [7, 11) is -3.90. The average Bonchev–Trinajstić information content (AvgIpc) is 4.04. The number of hydrogen-bond acceptors (Lipinski definition) is 8. The topological polar surface area (TPSA) is 171 Å². The number of amides is 5. The fraction of sp³-hybridized carbons (Fsp3) is 0.537. The van der Waals surface area contributed by atoms with Crippen molar-refractivity contribution in [3.8, 4) is 11.1 Å². The van der Waals surface area contributed by atoms with Crippen LogP contribution in [0, 0.1) is 17.8 Å². The molecule has 0 bridgehead atoms. The lowest BCUT2D eigenvalue weighted by atomic mass is 9.93. The highest BCUT2D eigenvalue weighted by atomic mass is 32.2. The molecule has 5 aliphatic rings. The molecule has 3 heterocycles. The zero-order valence-corrected chi connectivity index (χ0v) is 32.5. The molecule has 0 unspecified atom stereocenters. The molecule has 2 aromatic rings. The maximum atomic E-state index is 14.7. The van der Waals surface area contributed by atoms with Crippen LogP contribution in [-0.2, 0) is 29.1 Å². The van der Waals surface area contributed by atoms with Crippen LogP contribution >= 0.6 is 0 Å². The molecule has 14 heteroatoms. The molecule has 55 heavy (non-hydrogen) atoms. The molecule has 2 aliphatic carbocycles. The second-order valence-corrected chi connectivity index (χ2v) is 18.7. The normalized spacial score (nSPS) is 29.0. The van der Waals surface area contributed by atoms with E-state index in [0.717, 1.165) is 24.0 Å². The van der Waals surface area contributed by atoms with E-state index >= 15 is 0 Å². The maximum absolute atomic E-state index is 14.7. The predicted octanol–water partition coefficient (Wildman–Crippen LogP) is 4.15. The zero-order chi connectivity index (χ0) is 39.1. The molecule has 0 radical (unpaired) electrons. The number of nitrogens with zero attached hydrogens (tertiary/aromatic N) is 2. The lowest BCUT2D eigenvalue weighted by Gasteiger charge is -2.33. The lowest BCUT2D eigenvalue weighted by molar-refractivity contribution is -0.142. The number of sulfonamides is 1. The van der Waals surface area contributed by atoms with Gasteiger partial charge in [-0.15, -0.1) is 0 Å². The van der Waals surface area contributed by atoms with E-state index in [1.54, 1.807) is 31.7 Å². The van der Waals surface area contributed by atoms with Gasteiger partial charge in [0.25, 0.3) is 11.8 Å². The largest absolute Gasteiger partial charge is 0.444 e. The van der Waals surface area contributed by atoms with Crippen LogP contribution in [0.1, 0.15) is 82.5 Å². The van der Waals surface area contributed by atoms with Crippen molar-refractivity contribution >= 4 is 39.7 Å². The van der Waals surface area contributed by atoms with Crippen LogP contribution in [0.3, 0.4) is 0 Å². The number of alkyl carbamates (subject to hydrolysis) is 1. The monoisotopic (exact) mass is 773 g/mol. The molecule has 4 fully saturated rings. The Kier molecular flexibility index (Phi) is 10.6. The van der Waals surface area contributed by atoms with E-state index in [9.17, 15) is 32.4 Å². The number of carbonyl (C=O) groups is 5. The van der Waals surface area contributed by atoms with Crippen molar-refractivity contribution in [2.24, 2.45) is 17.8 Å². The summed E-state index contributed by atoms with van der Waals surface area (Å²) in [6.45, 7) is 5.84. The molecular formula is C41H51N5O8S. The summed E-state index contributed by atoms with van der Waals surface area (Å²) in [4.78, 5) is 73.3. The molecule has 0 aromatic heterocycles. The van der Waals surface area contributed by atoms with Crippen LogP contribution in [0.2, 0.25) is 0 Å². The van der Waals surface area contributed by atoms with E-state index in [1.807, 2.05) is 60.7 Å². The van der Waals surface area contributed by atoms with Gasteiger partial charge in [0, 0.05) is 43.0 Å². The first-order valence-electron chi connectivity index (χ1n) is 19.4. The third-order valence-electron chi connectivity index (χ3n) is 11.4. The van der Waals surface area contributed by atoms with E-state index < -0.39 is 74.1 Å². The minimum absolute atomic E-state index is 0.153. The van der Waals surface area contributed by atoms with Crippen molar-refractivity contribution in [2.45, 2.75) is 101 Å². The van der Waals surface area contributed by atoms with Crippen molar-refractivity contribution < 1.29 is 37.1 Å². The zero-order valence-electron chi connectivity index (χ0n) is 31.7. The van der Waals surface area contributed by atoms with Crippen LogP contribution in [0.5, 0.6) is 0 Å². The second-order valence-electron chi connectivity index (χ2n) is 16.7. The molecule has 5 amide bonds. The van der Waals surface area contributed by atoms with E-state index in [4.69, 9.17) is 4.74 Å². The average molecular weight is 774 g/mol. The van der Waals surface area contributed by atoms with Gasteiger partial charge in [0.1, 0.15) is 23.2 Å². The predicted molar refractivity (Wildman–Crippen MR) is 205 cm³/mol. The van der Waals surface area contributed by atoms with Gasteiger partial charge in [-0.05, 0) is 82.6 Å². The number of hydrogen-bond donors (Lipinski definition) is 3. The van der Waals surface area contributed by atoms with Gasteiger partial charge in [-0.2, -0.15) is 0 Å². The summed E-state index contributed by atoms with van der Waals surface area (Å²) in [5.41, 5.74) is 0.0615. The smallest absolute Gasteiger partial charge is 0.408 e. The fourth-order valence-electron chi connectivity index (χ4n) is 8.33. The van der Waals surface area contributed by atoms with Gasteiger partial charge in [0.15, 0.2) is 0 Å². The summed E-state index contributed by atoms with van der Waals surface area (Å²) in [5, 5.41) is 5.07. The Labute approximate surface area is 322 Å². The van der Waals surface area contributed by atoms with Crippen LogP contribution in [-0.4, -0.2) is 96.0 Å². The third kappa shape index (κ3) is 8.44. The number of likely N-dealkylation sites (tertiary alicyclic amines) is 1. The summed E-state index contributed by atoms with van der Waals surface area (Å²) in [6.07, 6.45) is 7.46. The lowest BCUT2D eigenvalue weighted by Crippen LogP contribution is -2.60. The van der Waals surface area contributed by atoms with Crippen molar-refractivity contribution in [2.75, 3.05) is 19.6 Å². The van der Waals surface area contributed by atoms with E-state index in [2.05, 4.69) is 15.4 Å². The van der Waals surface area contributed by atoms with Crippen molar-refractivity contribution in [3.05, 3.63) is 72.3 Å². The number of rotatable bonds is 6. The molecule has 2 aromatic carbocycles. The number of fused-ring (bicyclic) bond motifs is 4. The van der Waals surface area contributed by atoms with Gasteiger partial charge in [-0.1, -0.05) is 67.5 Å². The molecular weight excluding hydrogens is 723 g/mol. The Morgan fingerprint density at radius 2 is 1.65 bits per heavy atom. The van der Waals surface area contributed by atoms with Gasteiger partial charge >= 0.3 is 6.09 Å². The van der Waals surface area contributed by atoms with E-state index in [-0.39, 0.29) is 31.3 Å². The van der Waals surface area contributed by atoms with Crippen LogP contribution in [0.4, 0.5) is 4.79 Å². The van der Waals surface area contributed by atoms with Crippen molar-refractivity contribution in [1.29, 1.82) is 0 Å². The molecule has 0 spiro atoms. The van der Waals surface area contributed by atoms with Gasteiger partial charge in [-0.25, -0.2) is 13.2 Å². The Bertz CT molecular complexity index is 1980. The molecule has 6 atom stereocenters. The SMILES string of the molecule is CC(C)(C)OC(=O)N[C@@H]1CCCCC/C=C\[C@@H]2C[C@@]2(C(=O)NS(=O)(=O)C2CC2)NC(=O)[C@@H]2[C@H]3CN(C(=O)c4cccc(-c5ccccc5)c4)C[C@H]3CN2C1=O. The molecule has 3 aliphatic heterocycles. The Morgan fingerprint density at radius 3 is 2.38 bits per heavy atom. The summed E-state index contributed by atoms with van der Waals surface area (Å²) in [6, 6.07) is 15.1. The van der Waals surface area contributed by atoms with E-state index in [0.29, 0.717) is 44.2 Å². The highest BCUT2D eigenvalue weighted by molar-refractivity contribution is 7.91. The number of allylic oxidation sites excluding steroid dienone is 1. The highest BCUT2D eigenvalue weighted by Gasteiger charge is 2.63. The van der Waals surface area contributed by atoms with Crippen molar-refractivity contribution in [3.63, 3.8) is 0 Å². The fourth-order valence-corrected chi connectivity index (χ4v) is 9.70. The van der Waals surface area contributed by atoms with E-state index in [1.165, 1.54) is 4.90 Å². The molecule has 2 saturated heterocycles. The van der Waals surface area contributed by atoms with Gasteiger partial charge in [0.2, 0.25) is 21.8 Å². The highest BCUT2D eigenvalue weighted by Crippen LogP contribution is 2.47. The number of benzene rings is 2. The molecule has 13 nitrogen and oxygen atoms in total. The first-order chi connectivity index (χ1) is 26.1. The Morgan fingerprint density at radius 1 is 0.909 bits per heavy atom. The summed E-state index contributed by atoms with van der Waals surface area (Å²) >= 11 is 0. The summed E-state index contributed by atoms with van der Waals surface area (Å²) in [5.74, 6) is -3.20. The number of carbonyl (C=O) groups excluding carboxylic acids is 5. The molecule has 7 rings (SSSR count). The van der Waals surface area contributed by atoms with Crippen LogP contribution < -0.4 is 15.4 Å². The summed E-state index contributed by atoms with van der Waals surface area (Å²) < 4.78 is 33.5. The van der Waals surface area contributed by atoms with Gasteiger partial charge < -0.3 is 25.2 Å². The quantitative estimate of drug-likeness (QED) is 0.368. The first-order valence-corrected chi connectivity index (χ1v) is 21.0. The van der Waals surface area contributed by atoms with Gasteiger partial charge in [0.05, 0.1) is 5.25 Å². The Hall–Kier alpha value is -4.72. The van der Waals surface area contributed by atoms with Crippen molar-refractivity contribution in [1.82, 2.24) is 25.2 Å². The minimum atomic E-state index is -3.90. The first kappa shape index (κ1) is 38.6. The van der Waals surface area contributed by atoms with Crippen LogP contribution in [0.15, 0.2) is 66.7 Å². The van der Waals surface area contributed by atoms with Gasteiger partial charge in [-0.3, -0.25) is 23.9 Å². The third-order valence-corrected chi connectivity index (χ3v) is 13.2. The number of ether oxygens (including phenoxy) is 1. The number of nitrogens with one attached hydrogen (secondary N) is 3. The second kappa shape index (κ2) is 15.1. The maximum Gasteiger partial charge on any atom is 0.408 e. The standard InChI is InChI=1S/C41H51N5O8S/c1-40(2,3)54-39(51)42-33-18-11-6-4-5-10-17-30-22-41(30,38(50)44-55(52,53)31-19-20-31)43-35(47)34-32-25-45(23-29(32)24-46(34)37(33)49)36(48)28-16-12-15-27(21-28)26-13-8-7-9-14-26/h7-10,12-17,21,29-34H,4-6,11,18-20,22-25H2,1-3H3,(H,42,51)(H,43,47)(H,44,50)/b17-10-/t29-,30+,32-,33+,34-,41+/m0/s1. The molecule has 3 N–H and O–H groups in total. The minimum Gasteiger partial charge on any atom is -0.444 e.